The van der Waals surface area contributed by atoms with Gasteiger partial charge in [-0.15, -0.1) is 0 Å². The standard InChI is InChI=1S/C20H33F3O2/c1-3-5-6-12-24-14-7-8-15(17(21)13-14)16-9-10-18(25-11-4-2)20(23)19(16)22/h5-6,14-20H,3-4,7-13H2,1-2H3. The summed E-state index contributed by atoms with van der Waals surface area (Å²) in [6.45, 7) is 4.93. The Labute approximate surface area is 150 Å². The average Bonchev–Trinajstić information content (AvgIpc) is 2.61. The quantitative estimate of drug-likeness (QED) is 0.541. The summed E-state index contributed by atoms with van der Waals surface area (Å²) < 4.78 is 54.7. The van der Waals surface area contributed by atoms with Crippen molar-refractivity contribution in [1.29, 1.82) is 0 Å². The molecule has 146 valence electrons. The van der Waals surface area contributed by atoms with E-state index in [0.29, 0.717) is 38.9 Å². The molecule has 0 aliphatic heterocycles. The van der Waals surface area contributed by atoms with Crippen LogP contribution in [0.1, 0.15) is 58.8 Å². The summed E-state index contributed by atoms with van der Waals surface area (Å²) >= 11 is 0. The van der Waals surface area contributed by atoms with E-state index in [2.05, 4.69) is 0 Å². The van der Waals surface area contributed by atoms with Gasteiger partial charge in [0.2, 0.25) is 0 Å². The van der Waals surface area contributed by atoms with Gasteiger partial charge in [-0.2, -0.15) is 0 Å². The van der Waals surface area contributed by atoms with Crippen molar-refractivity contribution in [3.63, 3.8) is 0 Å². The highest BCUT2D eigenvalue weighted by atomic mass is 19.2. The summed E-state index contributed by atoms with van der Waals surface area (Å²) in [4.78, 5) is 0. The van der Waals surface area contributed by atoms with E-state index in [0.717, 1.165) is 19.3 Å². The Balaban J connectivity index is 1.83. The Kier molecular flexibility index (Phi) is 8.77. The first-order chi connectivity index (χ1) is 12.1. The lowest BCUT2D eigenvalue weighted by atomic mass is 9.70. The third-order valence-corrected chi connectivity index (χ3v) is 5.54. The van der Waals surface area contributed by atoms with Crippen molar-refractivity contribution in [2.45, 2.75) is 89.5 Å². The SMILES string of the molecule is CCC=CCOC1CCC(C2CCC(OCCC)C(F)C2F)C(F)C1. The van der Waals surface area contributed by atoms with Crippen LogP contribution in [0.5, 0.6) is 0 Å². The molecular formula is C20H33F3O2. The molecule has 7 unspecified atom stereocenters. The summed E-state index contributed by atoms with van der Waals surface area (Å²) in [6.07, 6.45) is 3.13. The van der Waals surface area contributed by atoms with Crippen LogP contribution in [0.25, 0.3) is 0 Å². The Morgan fingerprint density at radius 3 is 2.32 bits per heavy atom. The van der Waals surface area contributed by atoms with E-state index in [-0.39, 0.29) is 6.10 Å². The third-order valence-electron chi connectivity index (χ3n) is 5.54. The number of rotatable bonds is 8. The Bertz CT molecular complexity index is 404. The molecule has 0 aromatic rings. The van der Waals surface area contributed by atoms with Gasteiger partial charge < -0.3 is 9.47 Å². The number of hydrogen-bond donors (Lipinski definition) is 0. The molecule has 0 amide bonds. The molecule has 5 heteroatoms. The Morgan fingerprint density at radius 1 is 0.880 bits per heavy atom. The van der Waals surface area contributed by atoms with Crippen LogP contribution in [-0.2, 0) is 9.47 Å². The maximum absolute atomic E-state index is 14.6. The monoisotopic (exact) mass is 362 g/mol. The number of allylic oxidation sites excluding steroid dienone is 1. The first-order valence-electron chi connectivity index (χ1n) is 9.88. The number of ether oxygens (including phenoxy) is 2. The zero-order chi connectivity index (χ0) is 18.2. The van der Waals surface area contributed by atoms with Crippen molar-refractivity contribution >= 4 is 0 Å². The molecule has 7 atom stereocenters. The van der Waals surface area contributed by atoms with Gasteiger partial charge in [0.25, 0.3) is 0 Å². The van der Waals surface area contributed by atoms with Crippen LogP contribution in [0, 0.1) is 11.8 Å². The fourth-order valence-electron chi connectivity index (χ4n) is 4.17. The van der Waals surface area contributed by atoms with E-state index >= 15 is 0 Å². The molecule has 2 rings (SSSR count). The first kappa shape index (κ1) is 20.8. The molecule has 0 heterocycles. The van der Waals surface area contributed by atoms with Crippen molar-refractivity contribution in [2.24, 2.45) is 11.8 Å². The topological polar surface area (TPSA) is 18.5 Å². The average molecular weight is 362 g/mol. The minimum absolute atomic E-state index is 0.115. The van der Waals surface area contributed by atoms with Gasteiger partial charge in [0.05, 0.1) is 18.8 Å². The smallest absolute Gasteiger partial charge is 0.157 e. The van der Waals surface area contributed by atoms with E-state index in [1.54, 1.807) is 0 Å². The molecule has 2 nitrogen and oxygen atoms in total. The first-order valence-corrected chi connectivity index (χ1v) is 9.88. The van der Waals surface area contributed by atoms with Gasteiger partial charge >= 0.3 is 0 Å². The van der Waals surface area contributed by atoms with Crippen molar-refractivity contribution in [2.75, 3.05) is 13.2 Å². The van der Waals surface area contributed by atoms with Crippen molar-refractivity contribution in [3.05, 3.63) is 12.2 Å². The second-order valence-corrected chi connectivity index (χ2v) is 7.37. The maximum Gasteiger partial charge on any atom is 0.157 e. The Morgan fingerprint density at radius 2 is 1.64 bits per heavy atom. The molecule has 0 radical (unpaired) electrons. The molecule has 0 bridgehead atoms. The highest BCUT2D eigenvalue weighted by molar-refractivity contribution is 4.96. The van der Waals surface area contributed by atoms with Gasteiger partial charge in [-0.3, -0.25) is 0 Å². The van der Waals surface area contributed by atoms with Gasteiger partial charge in [0, 0.05) is 13.0 Å². The van der Waals surface area contributed by atoms with Crippen LogP contribution >= 0.6 is 0 Å². The summed E-state index contributed by atoms with van der Waals surface area (Å²) in [5.74, 6) is -0.932. The number of halogens is 3. The highest BCUT2D eigenvalue weighted by Crippen LogP contribution is 2.43. The molecule has 2 saturated carbocycles. The summed E-state index contributed by atoms with van der Waals surface area (Å²) in [5, 5.41) is 0. The fraction of sp³-hybridized carbons (Fsp3) is 0.900. The second kappa shape index (κ2) is 10.6. The van der Waals surface area contributed by atoms with Crippen molar-refractivity contribution in [3.8, 4) is 0 Å². The molecule has 2 aliphatic rings. The van der Waals surface area contributed by atoms with Gasteiger partial charge in [-0.05, 0) is 50.4 Å². The molecular weight excluding hydrogens is 329 g/mol. The van der Waals surface area contributed by atoms with Crippen LogP contribution in [-0.4, -0.2) is 43.9 Å². The number of alkyl halides is 3. The zero-order valence-electron chi connectivity index (χ0n) is 15.5. The lowest BCUT2D eigenvalue weighted by Crippen LogP contribution is -2.48. The van der Waals surface area contributed by atoms with Gasteiger partial charge in [0.1, 0.15) is 12.3 Å². The second-order valence-electron chi connectivity index (χ2n) is 7.37. The van der Waals surface area contributed by atoms with Gasteiger partial charge in [0.15, 0.2) is 6.17 Å². The number of hydrogen-bond acceptors (Lipinski definition) is 2. The summed E-state index contributed by atoms with van der Waals surface area (Å²) in [6, 6.07) is 0. The zero-order valence-corrected chi connectivity index (χ0v) is 15.5. The summed E-state index contributed by atoms with van der Waals surface area (Å²) in [7, 11) is 0. The van der Waals surface area contributed by atoms with Crippen molar-refractivity contribution in [1.82, 2.24) is 0 Å². The van der Waals surface area contributed by atoms with Crippen LogP contribution in [0.4, 0.5) is 13.2 Å². The molecule has 0 aromatic heterocycles. The predicted octanol–water partition coefficient (Wildman–Crippen LogP) is 5.36. The normalized spacial score (nSPS) is 39.8. The minimum Gasteiger partial charge on any atom is -0.375 e. The highest BCUT2D eigenvalue weighted by Gasteiger charge is 2.47. The van der Waals surface area contributed by atoms with Gasteiger partial charge in [-0.1, -0.05) is 26.0 Å². The van der Waals surface area contributed by atoms with Crippen molar-refractivity contribution < 1.29 is 22.6 Å². The van der Waals surface area contributed by atoms with E-state index < -0.39 is 36.5 Å². The predicted molar refractivity (Wildman–Crippen MR) is 94.0 cm³/mol. The van der Waals surface area contributed by atoms with Crippen LogP contribution < -0.4 is 0 Å². The molecule has 0 aromatic carbocycles. The third kappa shape index (κ3) is 5.72. The molecule has 0 saturated heterocycles. The molecule has 25 heavy (non-hydrogen) atoms. The largest absolute Gasteiger partial charge is 0.375 e. The molecule has 0 N–H and O–H groups in total. The fourth-order valence-corrected chi connectivity index (χ4v) is 4.17. The summed E-state index contributed by atoms with van der Waals surface area (Å²) in [5.41, 5.74) is 0. The maximum atomic E-state index is 14.6. The van der Waals surface area contributed by atoms with E-state index in [1.165, 1.54) is 0 Å². The molecule has 0 spiro atoms. The van der Waals surface area contributed by atoms with Crippen LogP contribution in [0.3, 0.4) is 0 Å². The van der Waals surface area contributed by atoms with E-state index in [1.807, 2.05) is 26.0 Å². The minimum atomic E-state index is -1.63. The van der Waals surface area contributed by atoms with Crippen LogP contribution in [0.15, 0.2) is 12.2 Å². The van der Waals surface area contributed by atoms with Crippen LogP contribution in [0.2, 0.25) is 0 Å². The lowest BCUT2D eigenvalue weighted by Gasteiger charge is -2.42. The van der Waals surface area contributed by atoms with E-state index in [4.69, 9.17) is 9.47 Å². The van der Waals surface area contributed by atoms with Gasteiger partial charge in [-0.25, -0.2) is 13.2 Å². The molecule has 2 fully saturated rings. The van der Waals surface area contributed by atoms with E-state index in [9.17, 15) is 13.2 Å². The Hall–Kier alpha value is -0.550. The molecule has 2 aliphatic carbocycles. The lowest BCUT2D eigenvalue weighted by molar-refractivity contribution is -0.101.